The molecule has 0 radical (unpaired) electrons. The molecule has 1 amide bonds. The van der Waals surface area contributed by atoms with Crippen LogP contribution in [0.2, 0.25) is 0 Å². The van der Waals surface area contributed by atoms with E-state index in [9.17, 15) is 4.79 Å². The van der Waals surface area contributed by atoms with E-state index in [2.05, 4.69) is 25.7 Å². The molecule has 26 heavy (non-hydrogen) atoms. The van der Waals surface area contributed by atoms with E-state index in [1.807, 2.05) is 0 Å². The lowest BCUT2D eigenvalue weighted by Crippen LogP contribution is -2.42. The molecule has 0 spiro atoms. The molecule has 148 valence electrons. The second-order valence-electron chi connectivity index (χ2n) is 7.26. The molecule has 3 rings (SSSR count). The zero-order chi connectivity index (χ0) is 17.5. The van der Waals surface area contributed by atoms with E-state index in [-0.39, 0.29) is 18.3 Å². The van der Waals surface area contributed by atoms with Gasteiger partial charge in [0.05, 0.1) is 24.1 Å². The quantitative estimate of drug-likeness (QED) is 0.618. The molecule has 0 saturated carbocycles. The third-order valence-corrected chi connectivity index (χ3v) is 5.33. The molecule has 7 nitrogen and oxygen atoms in total. The first-order valence-corrected chi connectivity index (χ1v) is 9.51. The molecule has 0 aliphatic carbocycles. The predicted octanol–water partition coefficient (Wildman–Crippen LogP) is 1.39. The van der Waals surface area contributed by atoms with E-state index in [1.165, 1.54) is 19.3 Å². The molecule has 3 heterocycles. The number of amides is 1. The second kappa shape index (κ2) is 10.9. The average Bonchev–Trinajstić information content (AvgIpc) is 3.13. The standard InChI is InChI=1S/C18H31N5O2.ClH/c1-25-9-7-20-18(24)16-11-21-22-17(16)15-5-3-8-23(13-15)12-14-4-2-6-19-10-14;/h11,14-15,19H,2-10,12-13H2,1H3,(H,20,24)(H,21,22);1H. The molecular weight excluding hydrogens is 354 g/mol. The lowest BCUT2D eigenvalue weighted by Gasteiger charge is -2.36. The average molecular weight is 386 g/mol. The van der Waals surface area contributed by atoms with E-state index < -0.39 is 0 Å². The number of hydrogen-bond acceptors (Lipinski definition) is 5. The Balaban J connectivity index is 0.00000243. The zero-order valence-electron chi connectivity index (χ0n) is 15.6. The van der Waals surface area contributed by atoms with Crippen LogP contribution in [0.4, 0.5) is 0 Å². The van der Waals surface area contributed by atoms with Crippen molar-refractivity contribution in [3.8, 4) is 0 Å². The summed E-state index contributed by atoms with van der Waals surface area (Å²) in [4.78, 5) is 15.0. The minimum atomic E-state index is -0.0607. The maximum atomic E-state index is 12.4. The molecule has 2 fully saturated rings. The number of carbonyl (C=O) groups is 1. The number of halogens is 1. The van der Waals surface area contributed by atoms with Gasteiger partial charge < -0.3 is 20.3 Å². The maximum absolute atomic E-state index is 12.4. The number of nitrogens with zero attached hydrogens (tertiary/aromatic N) is 2. The first kappa shape index (κ1) is 21.2. The molecule has 2 atom stereocenters. The largest absolute Gasteiger partial charge is 0.383 e. The predicted molar refractivity (Wildman–Crippen MR) is 104 cm³/mol. The monoisotopic (exact) mass is 385 g/mol. The van der Waals surface area contributed by atoms with Crippen molar-refractivity contribution >= 4 is 18.3 Å². The number of hydrogen-bond donors (Lipinski definition) is 3. The highest BCUT2D eigenvalue weighted by atomic mass is 35.5. The van der Waals surface area contributed by atoms with Crippen LogP contribution >= 0.6 is 12.4 Å². The number of nitrogens with one attached hydrogen (secondary N) is 3. The number of methoxy groups -OCH3 is 1. The van der Waals surface area contributed by atoms with Gasteiger partial charge in [-0.05, 0) is 51.2 Å². The van der Waals surface area contributed by atoms with E-state index in [4.69, 9.17) is 4.74 Å². The van der Waals surface area contributed by atoms with Gasteiger partial charge in [0.2, 0.25) is 0 Å². The Kier molecular flexibility index (Phi) is 8.84. The molecule has 1 aromatic rings. The van der Waals surface area contributed by atoms with Crippen molar-refractivity contribution in [3.63, 3.8) is 0 Å². The first-order valence-electron chi connectivity index (χ1n) is 9.51. The Labute approximate surface area is 162 Å². The van der Waals surface area contributed by atoms with Crippen LogP contribution in [-0.2, 0) is 4.74 Å². The fourth-order valence-corrected chi connectivity index (χ4v) is 4.05. The van der Waals surface area contributed by atoms with Gasteiger partial charge in [-0.1, -0.05) is 0 Å². The molecular formula is C18H32ClN5O2. The normalized spacial score (nSPS) is 24.0. The van der Waals surface area contributed by atoms with Gasteiger partial charge in [0.25, 0.3) is 5.91 Å². The molecule has 2 aliphatic heterocycles. The second-order valence-corrected chi connectivity index (χ2v) is 7.26. The van der Waals surface area contributed by atoms with Crippen molar-refractivity contribution in [2.24, 2.45) is 5.92 Å². The number of aromatic amines is 1. The Hall–Kier alpha value is -1.15. The van der Waals surface area contributed by atoms with Gasteiger partial charge in [-0.25, -0.2) is 0 Å². The Morgan fingerprint density at radius 3 is 3.08 bits per heavy atom. The van der Waals surface area contributed by atoms with Crippen LogP contribution in [0.15, 0.2) is 6.20 Å². The van der Waals surface area contributed by atoms with Crippen LogP contribution in [0.5, 0.6) is 0 Å². The molecule has 2 saturated heterocycles. The van der Waals surface area contributed by atoms with Crippen molar-refractivity contribution in [1.82, 2.24) is 25.7 Å². The van der Waals surface area contributed by atoms with E-state index in [1.54, 1.807) is 13.3 Å². The van der Waals surface area contributed by atoms with Crippen LogP contribution in [0.1, 0.15) is 47.7 Å². The van der Waals surface area contributed by atoms with Crippen LogP contribution < -0.4 is 10.6 Å². The maximum Gasteiger partial charge on any atom is 0.254 e. The SMILES string of the molecule is COCCNC(=O)c1cn[nH]c1C1CCCN(CC2CCCNC2)C1.Cl. The number of likely N-dealkylation sites (tertiary alicyclic amines) is 1. The summed E-state index contributed by atoms with van der Waals surface area (Å²) in [5.41, 5.74) is 1.67. The summed E-state index contributed by atoms with van der Waals surface area (Å²) in [7, 11) is 1.63. The molecule has 2 aliphatic rings. The summed E-state index contributed by atoms with van der Waals surface area (Å²) in [6.45, 7) is 6.67. The van der Waals surface area contributed by atoms with Gasteiger partial charge in [-0.2, -0.15) is 5.10 Å². The van der Waals surface area contributed by atoms with Crippen LogP contribution in [-0.4, -0.2) is 74.0 Å². The van der Waals surface area contributed by atoms with Gasteiger partial charge in [0.1, 0.15) is 0 Å². The lowest BCUT2D eigenvalue weighted by atomic mass is 9.91. The number of aromatic nitrogens is 2. The van der Waals surface area contributed by atoms with Crippen molar-refractivity contribution in [3.05, 3.63) is 17.5 Å². The van der Waals surface area contributed by atoms with Gasteiger partial charge in [-0.3, -0.25) is 9.89 Å². The fourth-order valence-electron chi connectivity index (χ4n) is 4.05. The topological polar surface area (TPSA) is 82.3 Å². The highest BCUT2D eigenvalue weighted by Gasteiger charge is 2.28. The van der Waals surface area contributed by atoms with Crippen molar-refractivity contribution in [1.29, 1.82) is 0 Å². The van der Waals surface area contributed by atoms with Crippen LogP contribution in [0.25, 0.3) is 0 Å². The minimum absolute atomic E-state index is 0. The number of H-pyrrole nitrogens is 1. The van der Waals surface area contributed by atoms with Crippen molar-refractivity contribution in [2.75, 3.05) is 53.0 Å². The summed E-state index contributed by atoms with van der Waals surface area (Å²) in [5.74, 6) is 1.05. The van der Waals surface area contributed by atoms with Gasteiger partial charge in [0, 0.05) is 32.7 Å². The Bertz CT molecular complexity index is 547. The number of rotatable bonds is 7. The lowest BCUT2D eigenvalue weighted by molar-refractivity contribution is 0.0934. The highest BCUT2D eigenvalue weighted by Crippen LogP contribution is 2.28. The van der Waals surface area contributed by atoms with E-state index in [0.717, 1.165) is 50.8 Å². The van der Waals surface area contributed by atoms with Gasteiger partial charge in [-0.15, -0.1) is 12.4 Å². The van der Waals surface area contributed by atoms with Crippen LogP contribution in [0, 0.1) is 5.92 Å². The Morgan fingerprint density at radius 2 is 2.31 bits per heavy atom. The number of ether oxygens (including phenoxy) is 1. The molecule has 2 unspecified atom stereocenters. The molecule has 0 aromatic carbocycles. The summed E-state index contributed by atoms with van der Waals surface area (Å²) in [6.07, 6.45) is 6.55. The summed E-state index contributed by atoms with van der Waals surface area (Å²) >= 11 is 0. The smallest absolute Gasteiger partial charge is 0.254 e. The third-order valence-electron chi connectivity index (χ3n) is 5.33. The number of carbonyl (C=O) groups excluding carboxylic acids is 1. The number of piperidine rings is 2. The van der Waals surface area contributed by atoms with Crippen molar-refractivity contribution < 1.29 is 9.53 Å². The summed E-state index contributed by atoms with van der Waals surface area (Å²) < 4.78 is 4.99. The van der Waals surface area contributed by atoms with E-state index >= 15 is 0 Å². The molecule has 1 aromatic heterocycles. The van der Waals surface area contributed by atoms with Crippen molar-refractivity contribution in [2.45, 2.75) is 31.6 Å². The van der Waals surface area contributed by atoms with E-state index in [0.29, 0.717) is 24.6 Å². The Morgan fingerprint density at radius 1 is 1.42 bits per heavy atom. The minimum Gasteiger partial charge on any atom is -0.383 e. The summed E-state index contributed by atoms with van der Waals surface area (Å²) in [5, 5.41) is 13.6. The molecule has 8 heteroatoms. The fraction of sp³-hybridized carbons (Fsp3) is 0.778. The summed E-state index contributed by atoms with van der Waals surface area (Å²) in [6, 6.07) is 0. The van der Waals surface area contributed by atoms with Crippen LogP contribution in [0.3, 0.4) is 0 Å². The molecule has 0 bridgehead atoms. The van der Waals surface area contributed by atoms with Gasteiger partial charge >= 0.3 is 0 Å². The first-order chi connectivity index (χ1) is 12.3. The molecule has 3 N–H and O–H groups in total. The zero-order valence-corrected chi connectivity index (χ0v) is 16.4. The third kappa shape index (κ3) is 5.67. The highest BCUT2D eigenvalue weighted by molar-refractivity contribution is 5.95. The van der Waals surface area contributed by atoms with Gasteiger partial charge in [0.15, 0.2) is 0 Å².